The van der Waals surface area contributed by atoms with Gasteiger partial charge in [-0.2, -0.15) is 0 Å². The Morgan fingerprint density at radius 1 is 1.24 bits per heavy atom. The smallest absolute Gasteiger partial charge is 0.120 e. The third-order valence-electron chi connectivity index (χ3n) is 3.19. The van der Waals surface area contributed by atoms with Crippen molar-refractivity contribution in [3.8, 4) is 0 Å². The van der Waals surface area contributed by atoms with E-state index in [9.17, 15) is 4.79 Å². The largest absolute Gasteiger partial charge is 0.303 e. The second-order valence-corrected chi connectivity index (χ2v) is 5.25. The lowest BCUT2D eigenvalue weighted by Crippen LogP contribution is -1.95. The quantitative estimate of drug-likeness (QED) is 0.647. The first-order chi connectivity index (χ1) is 8.13. The summed E-state index contributed by atoms with van der Waals surface area (Å²) in [6, 6.07) is 6.68. The minimum Gasteiger partial charge on any atom is -0.303 e. The summed E-state index contributed by atoms with van der Waals surface area (Å²) in [6.45, 7) is 6.69. The van der Waals surface area contributed by atoms with Crippen molar-refractivity contribution in [1.29, 1.82) is 0 Å². The van der Waals surface area contributed by atoms with Gasteiger partial charge >= 0.3 is 0 Å². The van der Waals surface area contributed by atoms with Crippen LogP contribution in [0, 0.1) is 12.8 Å². The first-order valence-corrected chi connectivity index (χ1v) is 6.65. The molecule has 1 nitrogen and oxygen atoms in total. The van der Waals surface area contributed by atoms with Gasteiger partial charge in [-0.05, 0) is 48.8 Å². The summed E-state index contributed by atoms with van der Waals surface area (Å²) >= 11 is 0. The number of hydrogen-bond acceptors (Lipinski definition) is 1. The molecule has 1 aromatic carbocycles. The highest BCUT2D eigenvalue weighted by Crippen LogP contribution is 2.15. The van der Waals surface area contributed by atoms with Crippen LogP contribution in [-0.2, 0) is 17.6 Å². The number of aldehydes is 1. The van der Waals surface area contributed by atoms with Crippen molar-refractivity contribution in [2.24, 2.45) is 5.92 Å². The summed E-state index contributed by atoms with van der Waals surface area (Å²) < 4.78 is 0. The summed E-state index contributed by atoms with van der Waals surface area (Å²) in [5, 5.41) is 0. The average Bonchev–Trinajstić information content (AvgIpc) is 2.27. The lowest BCUT2D eigenvalue weighted by Gasteiger charge is -2.08. The van der Waals surface area contributed by atoms with Crippen LogP contribution in [0.2, 0.25) is 0 Å². The summed E-state index contributed by atoms with van der Waals surface area (Å²) in [5.41, 5.74) is 4.07. The van der Waals surface area contributed by atoms with Gasteiger partial charge in [0.15, 0.2) is 0 Å². The van der Waals surface area contributed by atoms with Crippen LogP contribution in [0.5, 0.6) is 0 Å². The first-order valence-electron chi connectivity index (χ1n) is 6.65. The minimum atomic E-state index is 0.632. The molecule has 0 atom stereocenters. The topological polar surface area (TPSA) is 17.1 Å². The Balaban J connectivity index is 2.52. The van der Waals surface area contributed by atoms with E-state index in [1.807, 2.05) is 0 Å². The molecule has 0 unspecified atom stereocenters. The number of aryl methyl sites for hydroxylation is 3. The van der Waals surface area contributed by atoms with Gasteiger partial charge in [-0.3, -0.25) is 0 Å². The molecule has 0 saturated heterocycles. The maximum atomic E-state index is 10.4. The van der Waals surface area contributed by atoms with Crippen molar-refractivity contribution >= 4 is 6.29 Å². The number of benzene rings is 1. The molecule has 0 bridgehead atoms. The number of carbonyl (C=O) groups excluding carboxylic acids is 1. The zero-order valence-electron chi connectivity index (χ0n) is 11.3. The zero-order valence-corrected chi connectivity index (χ0v) is 11.3. The lowest BCUT2D eigenvalue weighted by atomic mass is 9.97. The average molecular weight is 232 g/mol. The molecule has 1 aromatic rings. The molecule has 17 heavy (non-hydrogen) atoms. The molecule has 0 radical (unpaired) electrons. The van der Waals surface area contributed by atoms with Crippen molar-refractivity contribution in [3.05, 3.63) is 34.9 Å². The van der Waals surface area contributed by atoms with Gasteiger partial charge in [0.2, 0.25) is 0 Å². The summed E-state index contributed by atoms with van der Waals surface area (Å²) in [6.07, 6.45) is 6.24. The summed E-state index contributed by atoms with van der Waals surface area (Å²) in [4.78, 5) is 10.4. The van der Waals surface area contributed by atoms with Crippen LogP contribution < -0.4 is 0 Å². The van der Waals surface area contributed by atoms with Crippen LogP contribution >= 0.6 is 0 Å². The van der Waals surface area contributed by atoms with E-state index < -0.39 is 0 Å². The van der Waals surface area contributed by atoms with Gasteiger partial charge in [0, 0.05) is 6.42 Å². The Hall–Kier alpha value is -1.11. The maximum absolute atomic E-state index is 10.4. The first kappa shape index (κ1) is 14.0. The second-order valence-electron chi connectivity index (χ2n) is 5.25. The molecule has 0 aliphatic heterocycles. The van der Waals surface area contributed by atoms with Crippen molar-refractivity contribution in [2.75, 3.05) is 0 Å². The van der Waals surface area contributed by atoms with Gasteiger partial charge in [0.1, 0.15) is 6.29 Å². The van der Waals surface area contributed by atoms with E-state index in [0.29, 0.717) is 6.42 Å². The molecule has 0 amide bonds. The minimum absolute atomic E-state index is 0.632. The Labute approximate surface area is 105 Å². The van der Waals surface area contributed by atoms with E-state index in [0.717, 1.165) is 18.6 Å². The van der Waals surface area contributed by atoms with E-state index in [-0.39, 0.29) is 0 Å². The van der Waals surface area contributed by atoms with Crippen LogP contribution in [0.4, 0.5) is 0 Å². The van der Waals surface area contributed by atoms with Crippen molar-refractivity contribution in [3.63, 3.8) is 0 Å². The Bertz CT molecular complexity index is 353. The molecule has 0 saturated carbocycles. The van der Waals surface area contributed by atoms with Gasteiger partial charge < -0.3 is 4.79 Å². The van der Waals surface area contributed by atoms with Gasteiger partial charge in [-0.15, -0.1) is 0 Å². The van der Waals surface area contributed by atoms with Crippen LogP contribution in [0.25, 0.3) is 0 Å². The van der Waals surface area contributed by atoms with Crippen molar-refractivity contribution in [1.82, 2.24) is 0 Å². The van der Waals surface area contributed by atoms with Crippen LogP contribution in [0.1, 0.15) is 49.8 Å². The standard InChI is InChI=1S/C16H24O/c1-13(2)6-4-7-15-9-10-16(8-5-11-17)14(3)12-15/h9-13H,4-8H2,1-3H3. The van der Waals surface area contributed by atoms with E-state index in [4.69, 9.17) is 0 Å². The molecule has 94 valence electrons. The fourth-order valence-electron chi connectivity index (χ4n) is 2.12. The number of rotatable bonds is 7. The molecule has 1 rings (SSSR count). The van der Waals surface area contributed by atoms with E-state index in [1.54, 1.807) is 0 Å². The van der Waals surface area contributed by atoms with Gasteiger partial charge in [-0.1, -0.05) is 38.5 Å². The van der Waals surface area contributed by atoms with Gasteiger partial charge in [0.25, 0.3) is 0 Å². The third kappa shape index (κ3) is 5.16. The van der Waals surface area contributed by atoms with Gasteiger partial charge in [-0.25, -0.2) is 0 Å². The van der Waals surface area contributed by atoms with E-state index in [1.165, 1.54) is 36.0 Å². The molecule has 0 fully saturated rings. The predicted molar refractivity (Wildman–Crippen MR) is 73.3 cm³/mol. The molecule has 1 heteroatoms. The Morgan fingerprint density at radius 2 is 2.00 bits per heavy atom. The predicted octanol–water partition coefficient (Wildman–Crippen LogP) is 4.11. The van der Waals surface area contributed by atoms with E-state index in [2.05, 4.69) is 39.0 Å². The molecular weight excluding hydrogens is 208 g/mol. The number of carbonyl (C=O) groups is 1. The zero-order chi connectivity index (χ0) is 12.7. The summed E-state index contributed by atoms with van der Waals surface area (Å²) in [5.74, 6) is 0.794. The van der Waals surface area contributed by atoms with Crippen molar-refractivity contribution < 1.29 is 4.79 Å². The third-order valence-corrected chi connectivity index (χ3v) is 3.19. The monoisotopic (exact) mass is 232 g/mol. The van der Waals surface area contributed by atoms with Crippen molar-refractivity contribution in [2.45, 2.75) is 52.9 Å². The number of hydrogen-bond donors (Lipinski definition) is 0. The van der Waals surface area contributed by atoms with Gasteiger partial charge in [0.05, 0.1) is 0 Å². The fraction of sp³-hybridized carbons (Fsp3) is 0.562. The molecule has 0 aromatic heterocycles. The molecular formula is C16H24O. The normalized spacial score (nSPS) is 10.8. The summed E-state index contributed by atoms with van der Waals surface area (Å²) in [7, 11) is 0. The highest BCUT2D eigenvalue weighted by atomic mass is 16.1. The maximum Gasteiger partial charge on any atom is 0.120 e. The molecule has 0 heterocycles. The Kier molecular flexibility index (Phi) is 5.96. The molecule has 0 N–H and O–H groups in total. The highest BCUT2D eigenvalue weighted by molar-refractivity contribution is 5.50. The fourth-order valence-corrected chi connectivity index (χ4v) is 2.12. The van der Waals surface area contributed by atoms with Crippen LogP contribution in [0.3, 0.4) is 0 Å². The van der Waals surface area contributed by atoms with Crippen LogP contribution in [0.15, 0.2) is 18.2 Å². The van der Waals surface area contributed by atoms with Crippen LogP contribution in [-0.4, -0.2) is 6.29 Å². The Morgan fingerprint density at radius 3 is 2.59 bits per heavy atom. The second kappa shape index (κ2) is 7.26. The molecule has 0 spiro atoms. The highest BCUT2D eigenvalue weighted by Gasteiger charge is 2.01. The van der Waals surface area contributed by atoms with E-state index >= 15 is 0 Å². The molecule has 0 aliphatic carbocycles. The SMILES string of the molecule is Cc1cc(CCCC(C)C)ccc1CCC=O. The lowest BCUT2D eigenvalue weighted by molar-refractivity contribution is -0.107. The molecule has 0 aliphatic rings.